The summed E-state index contributed by atoms with van der Waals surface area (Å²) in [5, 5.41) is 7.05. The molecule has 2 aromatic heterocycles. The minimum Gasteiger partial charge on any atom is -0.469 e. The van der Waals surface area contributed by atoms with Crippen molar-refractivity contribution in [2.75, 3.05) is 0 Å². The quantitative estimate of drug-likeness (QED) is 0.795. The molecule has 0 spiro atoms. The van der Waals surface area contributed by atoms with E-state index in [-0.39, 0.29) is 11.7 Å². The smallest absolute Gasteiger partial charge is 0.167 e. The first kappa shape index (κ1) is 9.39. The Morgan fingerprint density at radius 3 is 3.12 bits per heavy atom. The molecule has 2 aromatic rings. The summed E-state index contributed by atoms with van der Waals surface area (Å²) in [6.07, 6.45) is 2.94. The largest absolute Gasteiger partial charge is 0.469 e. The van der Waals surface area contributed by atoms with Crippen LogP contribution in [0.15, 0.2) is 22.8 Å². The molecule has 0 aliphatic heterocycles. The van der Waals surface area contributed by atoms with Crippen molar-refractivity contribution >= 4 is 5.78 Å². The van der Waals surface area contributed by atoms with Crippen LogP contribution in [0.1, 0.15) is 39.8 Å². The molecular formula is C12H12N2O2. The lowest BCUT2D eigenvalue weighted by molar-refractivity contribution is 0.0959. The first-order valence-electron chi connectivity index (χ1n) is 5.36. The van der Waals surface area contributed by atoms with Gasteiger partial charge >= 0.3 is 0 Å². The number of H-pyrrole nitrogens is 1. The molecule has 4 heteroatoms. The predicted octanol–water partition coefficient (Wildman–Crippen LogP) is 2.22. The molecule has 3 rings (SSSR count). The predicted molar refractivity (Wildman–Crippen MR) is 57.4 cm³/mol. The van der Waals surface area contributed by atoms with Crippen LogP contribution in [-0.2, 0) is 6.42 Å². The molecule has 1 N–H and O–H groups in total. The highest BCUT2D eigenvalue weighted by atomic mass is 16.3. The van der Waals surface area contributed by atoms with Crippen LogP contribution in [0.4, 0.5) is 0 Å². The second kappa shape index (κ2) is 3.33. The fourth-order valence-corrected chi connectivity index (χ4v) is 2.35. The van der Waals surface area contributed by atoms with Gasteiger partial charge in [-0.2, -0.15) is 5.10 Å². The number of nitrogens with zero attached hydrogens (tertiary/aromatic N) is 1. The van der Waals surface area contributed by atoms with Crippen molar-refractivity contribution in [2.45, 2.75) is 25.7 Å². The third-order valence-corrected chi connectivity index (χ3v) is 3.12. The summed E-state index contributed by atoms with van der Waals surface area (Å²) in [6, 6.07) is 3.77. The zero-order chi connectivity index (χ0) is 11.1. The summed E-state index contributed by atoms with van der Waals surface area (Å²) in [5.41, 5.74) is 2.52. The van der Waals surface area contributed by atoms with Gasteiger partial charge in [0.2, 0.25) is 0 Å². The third kappa shape index (κ3) is 1.30. The van der Waals surface area contributed by atoms with Crippen molar-refractivity contribution < 1.29 is 9.21 Å². The average Bonchev–Trinajstić information content (AvgIpc) is 2.87. The summed E-state index contributed by atoms with van der Waals surface area (Å²) < 4.78 is 5.35. The number of aromatic nitrogens is 2. The fraction of sp³-hybridized carbons (Fsp3) is 0.333. The number of ketones is 1. The molecule has 1 atom stereocenters. The van der Waals surface area contributed by atoms with Gasteiger partial charge in [0, 0.05) is 24.5 Å². The Morgan fingerprint density at radius 1 is 1.50 bits per heavy atom. The van der Waals surface area contributed by atoms with Crippen molar-refractivity contribution in [1.29, 1.82) is 0 Å². The molecule has 0 amide bonds. The van der Waals surface area contributed by atoms with E-state index in [9.17, 15) is 4.79 Å². The number of aryl methyl sites for hydroxylation is 1. The molecule has 1 aliphatic carbocycles. The molecule has 2 heterocycles. The standard InChI is InChI=1S/C12H12N2O2/c1-7-12-9(14-13-7)5-8(6-10(12)15)11-3-2-4-16-11/h2-4,8H,5-6H2,1H3,(H,13,14). The van der Waals surface area contributed by atoms with Gasteiger partial charge in [-0.25, -0.2) is 0 Å². The Hall–Kier alpha value is -1.84. The summed E-state index contributed by atoms with van der Waals surface area (Å²) >= 11 is 0. The van der Waals surface area contributed by atoms with E-state index in [2.05, 4.69) is 10.2 Å². The Kier molecular flexibility index (Phi) is 1.96. The van der Waals surface area contributed by atoms with E-state index >= 15 is 0 Å². The number of Topliss-reactive ketones (excluding diaryl/α,β-unsaturated/α-hetero) is 1. The number of fused-ring (bicyclic) bond motifs is 1. The molecule has 16 heavy (non-hydrogen) atoms. The van der Waals surface area contributed by atoms with Crippen molar-refractivity contribution in [2.24, 2.45) is 0 Å². The zero-order valence-electron chi connectivity index (χ0n) is 8.99. The van der Waals surface area contributed by atoms with Crippen LogP contribution >= 0.6 is 0 Å². The molecule has 0 bridgehead atoms. The van der Waals surface area contributed by atoms with Gasteiger partial charge in [0.25, 0.3) is 0 Å². The minimum atomic E-state index is 0.137. The molecule has 0 fully saturated rings. The molecule has 0 saturated carbocycles. The topological polar surface area (TPSA) is 58.9 Å². The van der Waals surface area contributed by atoms with E-state index < -0.39 is 0 Å². The summed E-state index contributed by atoms with van der Waals surface area (Å²) in [6.45, 7) is 1.89. The van der Waals surface area contributed by atoms with Crippen LogP contribution < -0.4 is 0 Å². The van der Waals surface area contributed by atoms with Crippen molar-refractivity contribution in [3.63, 3.8) is 0 Å². The SMILES string of the molecule is Cc1[nH]nc2c1C(=O)CC(c1ccco1)C2. The third-order valence-electron chi connectivity index (χ3n) is 3.12. The summed E-state index contributed by atoms with van der Waals surface area (Å²) in [5.74, 6) is 1.17. The Labute approximate surface area is 92.7 Å². The number of hydrogen-bond donors (Lipinski definition) is 1. The van der Waals surface area contributed by atoms with Crippen LogP contribution in [0.2, 0.25) is 0 Å². The molecule has 1 aliphatic rings. The molecular weight excluding hydrogens is 204 g/mol. The first-order valence-corrected chi connectivity index (χ1v) is 5.36. The Morgan fingerprint density at radius 2 is 2.38 bits per heavy atom. The molecule has 82 valence electrons. The van der Waals surface area contributed by atoms with E-state index in [1.807, 2.05) is 19.1 Å². The van der Waals surface area contributed by atoms with Gasteiger partial charge in [0.1, 0.15) is 5.76 Å². The molecule has 0 radical (unpaired) electrons. The van der Waals surface area contributed by atoms with Crippen molar-refractivity contribution in [1.82, 2.24) is 10.2 Å². The molecule has 4 nitrogen and oxygen atoms in total. The lowest BCUT2D eigenvalue weighted by Gasteiger charge is -2.18. The average molecular weight is 216 g/mol. The minimum absolute atomic E-state index is 0.137. The monoisotopic (exact) mass is 216 g/mol. The van der Waals surface area contributed by atoms with Gasteiger partial charge in [-0.1, -0.05) is 0 Å². The van der Waals surface area contributed by atoms with E-state index in [1.165, 1.54) is 0 Å². The van der Waals surface area contributed by atoms with Crippen molar-refractivity contribution in [3.8, 4) is 0 Å². The van der Waals surface area contributed by atoms with Gasteiger partial charge in [-0.05, 0) is 19.1 Å². The summed E-state index contributed by atoms with van der Waals surface area (Å²) in [7, 11) is 0. The Bertz CT molecular complexity index is 525. The number of aromatic amines is 1. The van der Waals surface area contributed by atoms with E-state index in [0.29, 0.717) is 6.42 Å². The van der Waals surface area contributed by atoms with Crippen LogP contribution in [-0.4, -0.2) is 16.0 Å². The zero-order valence-corrected chi connectivity index (χ0v) is 8.99. The second-order valence-corrected chi connectivity index (χ2v) is 4.21. The van der Waals surface area contributed by atoms with Crippen LogP contribution in [0.25, 0.3) is 0 Å². The normalized spacial score (nSPS) is 19.8. The lowest BCUT2D eigenvalue weighted by Crippen LogP contribution is -2.18. The second-order valence-electron chi connectivity index (χ2n) is 4.21. The maximum Gasteiger partial charge on any atom is 0.167 e. The fourth-order valence-electron chi connectivity index (χ4n) is 2.35. The number of carbonyl (C=O) groups is 1. The number of rotatable bonds is 1. The highest BCUT2D eigenvalue weighted by molar-refractivity contribution is 5.99. The lowest BCUT2D eigenvalue weighted by atomic mass is 9.84. The molecule has 0 saturated heterocycles. The van der Waals surface area contributed by atoms with Crippen molar-refractivity contribution in [3.05, 3.63) is 41.1 Å². The van der Waals surface area contributed by atoms with E-state index in [1.54, 1.807) is 6.26 Å². The highest BCUT2D eigenvalue weighted by Crippen LogP contribution is 2.32. The van der Waals surface area contributed by atoms with Gasteiger partial charge in [-0.15, -0.1) is 0 Å². The van der Waals surface area contributed by atoms with Gasteiger partial charge in [-0.3, -0.25) is 9.89 Å². The Balaban J connectivity index is 1.99. The number of hydrogen-bond acceptors (Lipinski definition) is 3. The maximum absolute atomic E-state index is 12.0. The number of carbonyl (C=O) groups excluding carboxylic acids is 1. The van der Waals surface area contributed by atoms with Crippen LogP contribution in [0.3, 0.4) is 0 Å². The van der Waals surface area contributed by atoms with Crippen LogP contribution in [0, 0.1) is 6.92 Å². The first-order chi connectivity index (χ1) is 7.75. The maximum atomic E-state index is 12.0. The van der Waals surface area contributed by atoms with Gasteiger partial charge < -0.3 is 4.42 Å². The number of nitrogens with one attached hydrogen (secondary N) is 1. The molecule has 1 unspecified atom stereocenters. The van der Waals surface area contributed by atoms with E-state index in [0.717, 1.165) is 29.1 Å². The molecule has 0 aromatic carbocycles. The number of furan rings is 1. The van der Waals surface area contributed by atoms with Gasteiger partial charge in [0.05, 0.1) is 17.5 Å². The van der Waals surface area contributed by atoms with Gasteiger partial charge in [0.15, 0.2) is 5.78 Å². The summed E-state index contributed by atoms with van der Waals surface area (Å²) in [4.78, 5) is 12.0. The van der Waals surface area contributed by atoms with Crippen LogP contribution in [0.5, 0.6) is 0 Å². The highest BCUT2D eigenvalue weighted by Gasteiger charge is 2.30. The van der Waals surface area contributed by atoms with E-state index in [4.69, 9.17) is 4.42 Å².